The van der Waals surface area contributed by atoms with Crippen molar-refractivity contribution in [3.63, 3.8) is 0 Å². The highest BCUT2D eigenvalue weighted by Crippen LogP contribution is 2.45. The molecule has 3 heterocycles. The number of pyridine rings is 1. The highest BCUT2D eigenvalue weighted by Gasteiger charge is 2.46. The van der Waals surface area contributed by atoms with Crippen molar-refractivity contribution >= 4 is 23.4 Å². The monoisotopic (exact) mass is 457 g/mol. The van der Waals surface area contributed by atoms with Crippen molar-refractivity contribution in [2.45, 2.75) is 25.4 Å². The Hall–Kier alpha value is -3.36. The van der Waals surface area contributed by atoms with Crippen molar-refractivity contribution in [2.75, 3.05) is 31.6 Å². The summed E-state index contributed by atoms with van der Waals surface area (Å²) in [4.78, 5) is 21.9. The van der Waals surface area contributed by atoms with Crippen LogP contribution >= 0.6 is 0 Å². The number of carbonyl (C=O) groups is 1. The van der Waals surface area contributed by atoms with Crippen molar-refractivity contribution < 1.29 is 18.0 Å². The molecule has 1 spiro atoms. The standard InChI is InChI=1S/C24H26F3N5O/c1-29-13-18(12-28)16-2-4-17(5-3-16)19-14-30-15-20(24(25,26)27)21(19)32-10-7-23(8-11-32)6-9-31-22(23)33/h2-5,12-15H,6-11,28H2,1H3,(H,31,33). The lowest BCUT2D eigenvalue weighted by Crippen LogP contribution is -2.44. The van der Waals surface area contributed by atoms with E-state index in [2.05, 4.69) is 15.3 Å². The fourth-order valence-electron chi connectivity index (χ4n) is 4.76. The second kappa shape index (κ2) is 8.88. The number of hydrogen-bond acceptors (Lipinski definition) is 5. The molecule has 2 aliphatic heterocycles. The van der Waals surface area contributed by atoms with Crippen molar-refractivity contribution in [2.24, 2.45) is 16.1 Å². The molecule has 2 aromatic rings. The molecule has 9 heteroatoms. The number of halogens is 3. The summed E-state index contributed by atoms with van der Waals surface area (Å²) in [6, 6.07) is 7.12. The van der Waals surface area contributed by atoms with Crippen molar-refractivity contribution in [3.8, 4) is 11.1 Å². The number of piperidine rings is 1. The minimum absolute atomic E-state index is 0.0168. The average Bonchev–Trinajstić information content (AvgIpc) is 3.16. The summed E-state index contributed by atoms with van der Waals surface area (Å²) < 4.78 is 42.0. The Morgan fingerprint density at radius 3 is 2.42 bits per heavy atom. The predicted molar refractivity (Wildman–Crippen MR) is 123 cm³/mol. The first-order valence-corrected chi connectivity index (χ1v) is 10.8. The molecule has 0 bridgehead atoms. The number of nitrogens with two attached hydrogens (primary N) is 1. The van der Waals surface area contributed by atoms with Crippen LogP contribution in [0.5, 0.6) is 0 Å². The normalized spacial score (nSPS) is 18.8. The summed E-state index contributed by atoms with van der Waals surface area (Å²) in [7, 11) is 1.64. The van der Waals surface area contributed by atoms with Gasteiger partial charge in [-0.2, -0.15) is 13.2 Å². The lowest BCUT2D eigenvalue weighted by atomic mass is 9.77. The van der Waals surface area contributed by atoms with E-state index in [0.29, 0.717) is 49.2 Å². The molecule has 6 nitrogen and oxygen atoms in total. The number of amides is 1. The fourth-order valence-corrected chi connectivity index (χ4v) is 4.76. The molecule has 1 aromatic carbocycles. The van der Waals surface area contributed by atoms with Crippen LogP contribution < -0.4 is 16.0 Å². The number of aromatic nitrogens is 1. The van der Waals surface area contributed by atoms with Gasteiger partial charge >= 0.3 is 6.18 Å². The van der Waals surface area contributed by atoms with Crippen molar-refractivity contribution in [3.05, 3.63) is 54.0 Å². The van der Waals surface area contributed by atoms with E-state index in [1.807, 2.05) is 0 Å². The first-order chi connectivity index (χ1) is 15.8. The van der Waals surface area contributed by atoms with Gasteiger partial charge in [0.05, 0.1) is 16.7 Å². The third kappa shape index (κ3) is 4.31. The molecule has 1 aromatic heterocycles. The lowest BCUT2D eigenvalue weighted by Gasteiger charge is -2.40. The van der Waals surface area contributed by atoms with E-state index < -0.39 is 17.2 Å². The highest BCUT2D eigenvalue weighted by molar-refractivity contribution is 6.09. The van der Waals surface area contributed by atoms with Crippen LogP contribution in [0.2, 0.25) is 0 Å². The van der Waals surface area contributed by atoms with E-state index in [-0.39, 0.29) is 11.6 Å². The van der Waals surface area contributed by atoms with Crippen LogP contribution in [0.25, 0.3) is 16.7 Å². The van der Waals surface area contributed by atoms with Gasteiger partial charge in [0.1, 0.15) is 0 Å². The largest absolute Gasteiger partial charge is 0.419 e. The number of rotatable bonds is 4. The van der Waals surface area contributed by atoms with Crippen molar-refractivity contribution in [1.82, 2.24) is 10.3 Å². The Bertz CT molecular complexity index is 1080. The summed E-state index contributed by atoms with van der Waals surface area (Å²) in [5, 5.41) is 2.87. The molecule has 2 fully saturated rings. The molecule has 0 aliphatic carbocycles. The number of nitrogens with zero attached hydrogens (tertiary/aromatic N) is 3. The number of alkyl halides is 3. The molecule has 0 unspecified atom stereocenters. The van der Waals surface area contributed by atoms with Gasteiger partial charge in [0.25, 0.3) is 0 Å². The maximum absolute atomic E-state index is 14.0. The Morgan fingerprint density at radius 1 is 1.18 bits per heavy atom. The van der Waals surface area contributed by atoms with E-state index in [9.17, 15) is 18.0 Å². The van der Waals surface area contributed by atoms with E-state index in [1.165, 1.54) is 12.4 Å². The number of nitrogens with one attached hydrogen (secondary N) is 1. The average molecular weight is 458 g/mol. The van der Waals surface area contributed by atoms with Gasteiger partial charge in [-0.3, -0.25) is 14.8 Å². The number of aliphatic imine (C=N–C) groups is 1. The van der Waals surface area contributed by atoms with Crippen LogP contribution in [0.1, 0.15) is 30.4 Å². The van der Waals surface area contributed by atoms with Crippen LogP contribution in [-0.2, 0) is 11.0 Å². The number of benzene rings is 1. The summed E-state index contributed by atoms with van der Waals surface area (Å²) >= 11 is 0. The third-order valence-electron chi connectivity index (χ3n) is 6.61. The van der Waals surface area contributed by atoms with Gasteiger partial charge in [-0.25, -0.2) is 0 Å². The summed E-state index contributed by atoms with van der Waals surface area (Å²) in [5.74, 6) is 0.0168. The SMILES string of the molecule is CN=CC(=CN)c1ccc(-c2cncc(C(F)(F)F)c2N2CCC3(CCNC3=O)CC2)cc1. The molecular formula is C24H26F3N5O. The topological polar surface area (TPSA) is 83.6 Å². The quantitative estimate of drug-likeness (QED) is 0.683. The molecule has 174 valence electrons. The molecule has 33 heavy (non-hydrogen) atoms. The van der Waals surface area contributed by atoms with Crippen LogP contribution in [-0.4, -0.2) is 43.8 Å². The maximum Gasteiger partial charge on any atom is 0.419 e. The zero-order valence-corrected chi connectivity index (χ0v) is 18.3. The first kappa shape index (κ1) is 22.8. The van der Waals surface area contributed by atoms with E-state index >= 15 is 0 Å². The van der Waals surface area contributed by atoms with Gasteiger partial charge in [-0.1, -0.05) is 24.3 Å². The first-order valence-electron chi connectivity index (χ1n) is 10.8. The predicted octanol–water partition coefficient (Wildman–Crippen LogP) is 3.87. The van der Waals surface area contributed by atoms with Gasteiger partial charge in [-0.05, 0) is 30.4 Å². The molecule has 0 radical (unpaired) electrons. The smallest absolute Gasteiger partial charge is 0.404 e. The molecule has 4 rings (SSSR count). The van der Waals surface area contributed by atoms with Crippen molar-refractivity contribution in [1.29, 1.82) is 0 Å². The molecule has 0 atom stereocenters. The van der Waals surface area contributed by atoms with Crippen LogP contribution in [0, 0.1) is 5.41 Å². The lowest BCUT2D eigenvalue weighted by molar-refractivity contribution is -0.137. The van der Waals surface area contributed by atoms with Gasteiger partial charge in [0, 0.05) is 62.6 Å². The molecule has 3 N–H and O–H groups in total. The number of hydrogen-bond donors (Lipinski definition) is 2. The Balaban J connectivity index is 1.72. The summed E-state index contributed by atoms with van der Waals surface area (Å²) in [6.45, 7) is 1.37. The summed E-state index contributed by atoms with van der Waals surface area (Å²) in [5.41, 5.74) is 7.10. The van der Waals surface area contributed by atoms with E-state index in [1.54, 1.807) is 42.4 Å². The number of anilines is 1. The van der Waals surface area contributed by atoms with Gasteiger partial charge in [0.2, 0.25) is 5.91 Å². The maximum atomic E-state index is 14.0. The highest BCUT2D eigenvalue weighted by atomic mass is 19.4. The zero-order valence-electron chi connectivity index (χ0n) is 18.3. The molecular weight excluding hydrogens is 431 g/mol. The van der Waals surface area contributed by atoms with Gasteiger partial charge in [0.15, 0.2) is 0 Å². The number of allylic oxidation sites excluding steroid dienone is 1. The minimum Gasteiger partial charge on any atom is -0.404 e. The third-order valence-corrected chi connectivity index (χ3v) is 6.61. The summed E-state index contributed by atoms with van der Waals surface area (Å²) in [6.07, 6.45) is 2.64. The van der Waals surface area contributed by atoms with Crippen LogP contribution in [0.15, 0.2) is 47.9 Å². The minimum atomic E-state index is -4.55. The van der Waals surface area contributed by atoms with Crippen LogP contribution in [0.3, 0.4) is 0 Å². The second-order valence-corrected chi connectivity index (χ2v) is 8.44. The number of carbonyl (C=O) groups excluding carboxylic acids is 1. The van der Waals surface area contributed by atoms with E-state index in [4.69, 9.17) is 5.73 Å². The molecule has 1 amide bonds. The molecule has 0 saturated carbocycles. The molecule has 2 aliphatic rings. The van der Waals surface area contributed by atoms with E-state index in [0.717, 1.165) is 18.2 Å². The van der Waals surface area contributed by atoms with Gasteiger partial charge in [-0.15, -0.1) is 0 Å². The molecule has 2 saturated heterocycles. The second-order valence-electron chi connectivity index (χ2n) is 8.44. The Kier molecular flexibility index (Phi) is 6.14. The van der Waals surface area contributed by atoms with Gasteiger partial charge < -0.3 is 16.0 Å². The Morgan fingerprint density at radius 2 is 1.88 bits per heavy atom. The zero-order chi connectivity index (χ0) is 23.6. The Labute approximate surface area is 190 Å². The fraction of sp³-hybridized carbons (Fsp3) is 0.375. The van der Waals surface area contributed by atoms with Crippen LogP contribution in [0.4, 0.5) is 18.9 Å².